The van der Waals surface area contributed by atoms with E-state index in [0.29, 0.717) is 0 Å². The Morgan fingerprint density at radius 3 is 1.85 bits per heavy atom. The topological polar surface area (TPSA) is 97.4 Å². The van der Waals surface area contributed by atoms with Crippen molar-refractivity contribution in [3.63, 3.8) is 0 Å². The van der Waals surface area contributed by atoms with Crippen molar-refractivity contribution >= 4 is 19.5 Å². The summed E-state index contributed by atoms with van der Waals surface area (Å²) in [6.07, 6.45) is -2.73. The molecule has 3 atom stereocenters. The predicted molar refractivity (Wildman–Crippen MR) is 98.1 cm³/mol. The van der Waals surface area contributed by atoms with Gasteiger partial charge in [-0.05, 0) is 33.3 Å². The van der Waals surface area contributed by atoms with Crippen LogP contribution >= 0.6 is 7.60 Å². The summed E-state index contributed by atoms with van der Waals surface area (Å²) in [5, 5.41) is 0. The monoisotopic (exact) mass is 402 g/mol. The minimum absolute atomic E-state index is 0.154. The Hall–Kier alpha value is -1.73. The first-order valence-electron chi connectivity index (χ1n) is 8.72. The first kappa shape index (κ1) is 23.3. The van der Waals surface area contributed by atoms with Gasteiger partial charge in [-0.25, -0.2) is 9.59 Å². The molecule has 1 rings (SSSR count). The van der Waals surface area contributed by atoms with E-state index < -0.39 is 38.1 Å². The number of rotatable bonds is 12. The molecule has 0 N–H and O–H groups in total. The summed E-state index contributed by atoms with van der Waals surface area (Å²) in [5.74, 6) is -1.37. The molecule has 0 radical (unpaired) electrons. The molecular weight excluding hydrogens is 375 g/mol. The van der Waals surface area contributed by atoms with E-state index in [9.17, 15) is 14.2 Å². The lowest BCUT2D eigenvalue weighted by Gasteiger charge is -2.24. The van der Waals surface area contributed by atoms with Crippen molar-refractivity contribution in [1.29, 1.82) is 0 Å². The molecule has 9 heteroatoms. The van der Waals surface area contributed by atoms with Crippen molar-refractivity contribution in [3.8, 4) is 0 Å². The molecule has 0 amide bonds. The van der Waals surface area contributed by atoms with Gasteiger partial charge in [0.25, 0.3) is 0 Å². The largest absolute Gasteiger partial charge is 0.464 e. The summed E-state index contributed by atoms with van der Waals surface area (Å²) in [6.45, 7) is 6.54. The molecule has 0 aromatic heterocycles. The van der Waals surface area contributed by atoms with Gasteiger partial charge in [0.05, 0.1) is 19.8 Å². The minimum Gasteiger partial charge on any atom is -0.464 e. The molecular formula is C18H27O8P. The normalized spacial score (nSPS) is 15.4. The highest BCUT2D eigenvalue weighted by atomic mass is 31.2. The molecule has 8 nitrogen and oxygen atoms in total. The van der Waals surface area contributed by atoms with Gasteiger partial charge >= 0.3 is 19.5 Å². The molecule has 0 saturated heterocycles. The summed E-state index contributed by atoms with van der Waals surface area (Å²) >= 11 is 0. The third-order valence-corrected chi connectivity index (χ3v) is 5.01. The fraction of sp³-hybridized carbons (Fsp3) is 0.556. The number of ether oxygens (including phenoxy) is 3. The summed E-state index contributed by atoms with van der Waals surface area (Å²) in [6, 6.07) is 9.24. The van der Waals surface area contributed by atoms with Crippen molar-refractivity contribution in [2.75, 3.05) is 19.6 Å². The van der Waals surface area contributed by atoms with Gasteiger partial charge in [-0.2, -0.15) is 0 Å². The van der Waals surface area contributed by atoms with Crippen LogP contribution < -0.4 is 0 Å². The third-order valence-electron chi connectivity index (χ3n) is 3.24. The Kier molecular flexibility index (Phi) is 10.3. The van der Waals surface area contributed by atoms with E-state index in [-0.39, 0.29) is 19.8 Å². The molecule has 0 saturated carbocycles. The first-order valence-corrected chi connectivity index (χ1v) is 10.4. The van der Waals surface area contributed by atoms with E-state index in [0.717, 1.165) is 5.56 Å². The average Bonchev–Trinajstić information content (AvgIpc) is 2.62. The van der Waals surface area contributed by atoms with Gasteiger partial charge in [0.15, 0.2) is 12.2 Å². The third kappa shape index (κ3) is 8.67. The number of carbonyl (C=O) groups is 2. The molecule has 0 aliphatic rings. The maximum atomic E-state index is 13.1. The van der Waals surface area contributed by atoms with E-state index in [1.807, 2.05) is 30.3 Å². The second-order valence-corrected chi connectivity index (χ2v) is 7.48. The van der Waals surface area contributed by atoms with Gasteiger partial charge in [-0.15, -0.1) is 0 Å². The second kappa shape index (κ2) is 11.9. The lowest BCUT2D eigenvalue weighted by Crippen LogP contribution is -2.27. The van der Waals surface area contributed by atoms with E-state index in [1.165, 1.54) is 13.8 Å². The number of carbonyl (C=O) groups excluding carboxylic acids is 2. The van der Waals surface area contributed by atoms with Crippen LogP contribution in [0.25, 0.3) is 0 Å². The lowest BCUT2D eigenvalue weighted by atomic mass is 10.2. The number of hydrogen-bond acceptors (Lipinski definition) is 8. The van der Waals surface area contributed by atoms with Crippen molar-refractivity contribution in [2.24, 2.45) is 0 Å². The van der Waals surface area contributed by atoms with Gasteiger partial charge in [0.2, 0.25) is 0 Å². The molecule has 0 aliphatic carbocycles. The standard InChI is InChI=1S/C18H27O8P/c1-5-23-17(19)14(3)25-27(21,26-15(4)18(20)24-6-2)13-22-12-16-10-8-7-9-11-16/h7-11,14-15H,5-6,12-13H2,1-4H3/t14-,15+,27?. The fourth-order valence-corrected chi connectivity index (χ4v) is 3.64. The van der Waals surface area contributed by atoms with Crippen LogP contribution in [0.1, 0.15) is 33.3 Å². The van der Waals surface area contributed by atoms with Gasteiger partial charge in [-0.1, -0.05) is 30.3 Å². The quantitative estimate of drug-likeness (QED) is 0.388. The summed E-state index contributed by atoms with van der Waals surface area (Å²) in [4.78, 5) is 23.6. The molecule has 27 heavy (non-hydrogen) atoms. The molecule has 1 aromatic rings. The maximum absolute atomic E-state index is 13.1. The van der Waals surface area contributed by atoms with Crippen LogP contribution in [0.5, 0.6) is 0 Å². The second-order valence-electron chi connectivity index (χ2n) is 5.57. The zero-order valence-electron chi connectivity index (χ0n) is 16.1. The SMILES string of the molecule is CCOC(=O)[C@H](C)OP(=O)(COCc1ccccc1)O[C@H](C)C(=O)OCC. The zero-order chi connectivity index (χ0) is 20.3. The van der Waals surface area contributed by atoms with E-state index >= 15 is 0 Å². The zero-order valence-corrected chi connectivity index (χ0v) is 17.0. The van der Waals surface area contributed by atoms with Crippen LogP contribution in [0.3, 0.4) is 0 Å². The lowest BCUT2D eigenvalue weighted by molar-refractivity contribution is -0.152. The smallest absolute Gasteiger partial charge is 0.357 e. The predicted octanol–water partition coefficient (Wildman–Crippen LogP) is 3.29. The molecule has 0 aliphatic heterocycles. The molecule has 0 spiro atoms. The Bertz CT molecular complexity index is 604. The van der Waals surface area contributed by atoms with Gasteiger partial charge in [0, 0.05) is 0 Å². The fourth-order valence-electron chi connectivity index (χ4n) is 2.02. The number of benzene rings is 1. The van der Waals surface area contributed by atoms with E-state index in [4.69, 9.17) is 23.3 Å². The van der Waals surface area contributed by atoms with Crippen LogP contribution in [0.15, 0.2) is 30.3 Å². The molecule has 0 bridgehead atoms. The van der Waals surface area contributed by atoms with Crippen LogP contribution in [0.4, 0.5) is 0 Å². The van der Waals surface area contributed by atoms with Crippen molar-refractivity contribution in [1.82, 2.24) is 0 Å². The molecule has 152 valence electrons. The molecule has 0 heterocycles. The highest BCUT2D eigenvalue weighted by Gasteiger charge is 2.35. The van der Waals surface area contributed by atoms with Crippen LogP contribution in [-0.4, -0.2) is 43.7 Å². The molecule has 1 aromatic carbocycles. The Labute approximate surface area is 159 Å². The van der Waals surface area contributed by atoms with Crippen molar-refractivity contribution in [2.45, 2.75) is 46.5 Å². The van der Waals surface area contributed by atoms with Gasteiger partial charge in [-0.3, -0.25) is 13.6 Å². The Morgan fingerprint density at radius 2 is 1.41 bits per heavy atom. The first-order chi connectivity index (χ1) is 12.8. The van der Waals surface area contributed by atoms with Crippen LogP contribution in [0, 0.1) is 0 Å². The Balaban J connectivity index is 2.78. The maximum Gasteiger partial charge on any atom is 0.357 e. The summed E-state index contributed by atoms with van der Waals surface area (Å²) in [7, 11) is -3.95. The molecule has 0 fully saturated rings. The van der Waals surface area contributed by atoms with E-state index in [2.05, 4.69) is 0 Å². The molecule has 1 unspecified atom stereocenters. The highest BCUT2D eigenvalue weighted by molar-refractivity contribution is 7.53. The van der Waals surface area contributed by atoms with Crippen LogP contribution in [-0.2, 0) is 44.0 Å². The van der Waals surface area contributed by atoms with Crippen molar-refractivity contribution in [3.05, 3.63) is 35.9 Å². The van der Waals surface area contributed by atoms with Crippen LogP contribution in [0.2, 0.25) is 0 Å². The summed E-state index contributed by atoms with van der Waals surface area (Å²) < 4.78 is 38.8. The minimum atomic E-state index is -3.95. The average molecular weight is 402 g/mol. The summed E-state index contributed by atoms with van der Waals surface area (Å²) in [5.41, 5.74) is 0.862. The van der Waals surface area contributed by atoms with Gasteiger partial charge < -0.3 is 14.2 Å². The van der Waals surface area contributed by atoms with Gasteiger partial charge in [0.1, 0.15) is 6.35 Å². The number of esters is 2. The van der Waals surface area contributed by atoms with E-state index in [1.54, 1.807) is 13.8 Å². The van der Waals surface area contributed by atoms with Crippen molar-refractivity contribution < 1.29 is 37.4 Å². The highest BCUT2D eigenvalue weighted by Crippen LogP contribution is 2.50. The Morgan fingerprint density at radius 1 is 0.926 bits per heavy atom. The number of hydrogen-bond donors (Lipinski definition) is 0.